The van der Waals surface area contributed by atoms with Gasteiger partial charge < -0.3 is 10.4 Å². The van der Waals surface area contributed by atoms with E-state index in [-0.39, 0.29) is 11.4 Å². The highest BCUT2D eigenvalue weighted by Crippen LogP contribution is 2.23. The summed E-state index contributed by atoms with van der Waals surface area (Å²) in [5.41, 5.74) is -1.03. The van der Waals surface area contributed by atoms with Crippen LogP contribution in [0.25, 0.3) is 9.69 Å². The molecule has 14 heavy (non-hydrogen) atoms. The lowest BCUT2D eigenvalue weighted by molar-refractivity contribution is -0.118. The van der Waals surface area contributed by atoms with Gasteiger partial charge in [0.2, 0.25) is 5.70 Å². The second kappa shape index (κ2) is 3.30. The van der Waals surface area contributed by atoms with Crippen molar-refractivity contribution in [2.24, 2.45) is 0 Å². The minimum atomic E-state index is -0.873. The van der Waals surface area contributed by atoms with Gasteiger partial charge in [0.15, 0.2) is 5.76 Å². The van der Waals surface area contributed by atoms with Gasteiger partial charge in [0.1, 0.15) is 0 Å². The second-order valence-electron chi connectivity index (χ2n) is 2.21. The van der Waals surface area contributed by atoms with Crippen LogP contribution in [-0.4, -0.2) is 11.0 Å². The molecule has 1 amide bonds. The van der Waals surface area contributed by atoms with E-state index in [1.54, 1.807) is 0 Å². The van der Waals surface area contributed by atoms with Crippen LogP contribution < -0.4 is 5.32 Å². The molecule has 0 spiro atoms. The van der Waals surface area contributed by atoms with Crippen molar-refractivity contribution in [2.75, 3.05) is 0 Å². The van der Waals surface area contributed by atoms with Crippen LogP contribution in [0.1, 0.15) is 0 Å². The molecule has 0 bridgehead atoms. The number of hydrogen-bond donors (Lipinski definition) is 2. The summed E-state index contributed by atoms with van der Waals surface area (Å²) in [5, 5.41) is 19.6. The van der Waals surface area contributed by atoms with Crippen LogP contribution in [-0.2, 0) is 4.79 Å². The number of carbonyl (C=O) groups excluding carboxylic acids is 1. The zero-order valence-electron chi connectivity index (χ0n) is 6.70. The van der Waals surface area contributed by atoms with Crippen molar-refractivity contribution < 1.29 is 9.90 Å². The fourth-order valence-corrected chi connectivity index (χ4v) is 0.875. The van der Waals surface area contributed by atoms with Gasteiger partial charge in [-0.15, -0.1) is 0 Å². The molecule has 0 radical (unpaired) electrons. The number of aliphatic hydroxyl groups is 1. The maximum atomic E-state index is 10.9. The topological polar surface area (TPSA) is 81.8 Å². The van der Waals surface area contributed by atoms with E-state index in [9.17, 15) is 4.79 Å². The summed E-state index contributed by atoms with van der Waals surface area (Å²) in [4.78, 5) is 16.6. The van der Waals surface area contributed by atoms with Crippen LogP contribution in [0.5, 0.6) is 0 Å². The summed E-state index contributed by atoms with van der Waals surface area (Å²) in [5.74, 6) is -1.63. The van der Waals surface area contributed by atoms with Gasteiger partial charge in [0.05, 0.1) is 24.9 Å². The molecule has 66 valence electrons. The third kappa shape index (κ3) is 1.16. The van der Waals surface area contributed by atoms with Gasteiger partial charge in [-0.3, -0.25) is 4.79 Å². The van der Waals surface area contributed by atoms with E-state index < -0.39 is 17.4 Å². The van der Waals surface area contributed by atoms with E-state index in [4.69, 9.17) is 23.5 Å². The van der Waals surface area contributed by atoms with Crippen LogP contribution in [0.4, 0.5) is 0 Å². The third-order valence-electron chi connectivity index (χ3n) is 1.48. The number of hydrogen-bond acceptors (Lipinski definition) is 3. The average Bonchev–Trinajstić information content (AvgIpc) is 2.45. The van der Waals surface area contributed by atoms with Crippen LogP contribution in [0.2, 0.25) is 0 Å². The van der Waals surface area contributed by atoms with Gasteiger partial charge in [-0.25, -0.2) is 15.0 Å². The average molecular weight is 186 g/mol. The molecule has 1 aliphatic heterocycles. The van der Waals surface area contributed by atoms with Gasteiger partial charge in [0.25, 0.3) is 11.6 Å². The highest BCUT2D eigenvalue weighted by Gasteiger charge is 2.29. The molecule has 6 nitrogen and oxygen atoms in total. The van der Waals surface area contributed by atoms with Crippen LogP contribution in [0, 0.1) is 24.5 Å². The van der Waals surface area contributed by atoms with Crippen LogP contribution >= 0.6 is 0 Å². The van der Waals surface area contributed by atoms with E-state index in [2.05, 4.69) is 15.0 Å². The Morgan fingerprint density at radius 3 is 2.64 bits per heavy atom. The van der Waals surface area contributed by atoms with E-state index >= 15 is 0 Å². The van der Waals surface area contributed by atoms with Crippen LogP contribution in [0.15, 0.2) is 22.9 Å². The minimum absolute atomic E-state index is 0.222. The Balaban J connectivity index is 3.44. The Hall–Kier alpha value is -2.78. The van der Waals surface area contributed by atoms with E-state index in [0.29, 0.717) is 0 Å². The van der Waals surface area contributed by atoms with Crippen molar-refractivity contribution in [3.8, 4) is 6.07 Å². The van der Waals surface area contributed by atoms with E-state index in [0.717, 1.165) is 0 Å². The first-order valence-electron chi connectivity index (χ1n) is 3.30. The number of amides is 1. The van der Waals surface area contributed by atoms with E-state index in [1.165, 1.54) is 6.07 Å². The number of rotatable bonds is 0. The molecule has 0 unspecified atom stereocenters. The lowest BCUT2D eigenvalue weighted by atomic mass is 10.3. The molecule has 0 fully saturated rings. The number of nitrogens with zero attached hydrogens (tertiary/aromatic N) is 3. The molecule has 0 aliphatic carbocycles. The Bertz CT molecular complexity index is 477. The number of aliphatic hydroxyl groups excluding tert-OH is 1. The van der Waals surface area contributed by atoms with Gasteiger partial charge in [-0.2, -0.15) is 0 Å². The Labute approximate surface area is 79.0 Å². The predicted octanol–water partition coefficient (Wildman–Crippen LogP) is 0.460. The number of allylic oxidation sites excluding steroid dienone is 1. The van der Waals surface area contributed by atoms with Crippen molar-refractivity contribution in [1.82, 2.24) is 5.32 Å². The molecular weight excluding hydrogens is 184 g/mol. The van der Waals surface area contributed by atoms with Gasteiger partial charge >= 0.3 is 0 Å². The molecule has 6 heteroatoms. The van der Waals surface area contributed by atoms with Crippen molar-refractivity contribution in [1.29, 1.82) is 5.26 Å². The number of nitrogens with one attached hydrogen (secondary N) is 1. The Morgan fingerprint density at radius 2 is 2.21 bits per heavy atom. The van der Waals surface area contributed by atoms with Gasteiger partial charge in [0, 0.05) is 0 Å². The highest BCUT2D eigenvalue weighted by atomic mass is 16.3. The number of carbonyl (C=O) groups is 1. The zero-order chi connectivity index (χ0) is 10.7. The smallest absolute Gasteiger partial charge is 0.277 e. The lowest BCUT2D eigenvalue weighted by Crippen LogP contribution is -2.17. The summed E-state index contributed by atoms with van der Waals surface area (Å²) in [6.07, 6.45) is 0. The molecule has 2 N–H and O–H groups in total. The SMILES string of the molecule is [C-]#[N+]C1=C(O)C(=O)N/C1=C(\C#N)[N+]#[C-]. The first kappa shape index (κ1) is 9.31. The van der Waals surface area contributed by atoms with Gasteiger partial charge in [-0.1, -0.05) is 0 Å². The molecule has 1 rings (SSSR count). The quantitative estimate of drug-likeness (QED) is 0.426. The summed E-state index contributed by atoms with van der Waals surface area (Å²) in [6.45, 7) is 13.3. The van der Waals surface area contributed by atoms with E-state index in [1.807, 2.05) is 0 Å². The summed E-state index contributed by atoms with van der Waals surface area (Å²) < 4.78 is 0. The van der Waals surface area contributed by atoms with Crippen molar-refractivity contribution in [3.05, 3.63) is 45.7 Å². The summed E-state index contributed by atoms with van der Waals surface area (Å²) in [7, 11) is 0. The van der Waals surface area contributed by atoms with Crippen molar-refractivity contribution in [2.45, 2.75) is 0 Å². The second-order valence-corrected chi connectivity index (χ2v) is 2.21. The lowest BCUT2D eigenvalue weighted by Gasteiger charge is -1.96. The first-order valence-corrected chi connectivity index (χ1v) is 3.30. The van der Waals surface area contributed by atoms with Gasteiger partial charge in [-0.05, 0) is 0 Å². The summed E-state index contributed by atoms with van der Waals surface area (Å²) in [6, 6.07) is 1.52. The Kier molecular flexibility index (Phi) is 2.20. The van der Waals surface area contributed by atoms with Crippen molar-refractivity contribution >= 4 is 5.91 Å². The summed E-state index contributed by atoms with van der Waals surface area (Å²) >= 11 is 0. The molecule has 1 aliphatic rings. The normalized spacial score (nSPS) is 17.9. The molecule has 0 aromatic carbocycles. The maximum absolute atomic E-state index is 10.9. The standard InChI is InChI=1S/C8H2N4O2/c1-10-4(3-9)5-6(11-2)7(13)8(14)12-5/h13H,(H,12,14)/b5-4+. The largest absolute Gasteiger partial charge is 0.514 e. The molecule has 0 aromatic heterocycles. The fraction of sp³-hybridized carbons (Fsp3) is 0. The zero-order valence-corrected chi connectivity index (χ0v) is 6.70. The highest BCUT2D eigenvalue weighted by molar-refractivity contribution is 5.99. The molecule has 0 saturated heterocycles. The van der Waals surface area contributed by atoms with Crippen LogP contribution in [0.3, 0.4) is 0 Å². The fourth-order valence-electron chi connectivity index (χ4n) is 0.875. The third-order valence-corrected chi connectivity index (χ3v) is 1.48. The predicted molar refractivity (Wildman–Crippen MR) is 43.6 cm³/mol. The number of nitriles is 1. The molecule has 1 heterocycles. The Morgan fingerprint density at radius 1 is 1.57 bits per heavy atom. The molecule has 0 saturated carbocycles. The molecule has 0 atom stereocenters. The minimum Gasteiger partial charge on any atom is -0.514 e. The first-order chi connectivity index (χ1) is 6.65. The van der Waals surface area contributed by atoms with Crippen molar-refractivity contribution in [3.63, 3.8) is 0 Å². The molecular formula is C8H2N4O2. The monoisotopic (exact) mass is 186 g/mol. The maximum Gasteiger partial charge on any atom is 0.277 e. The molecule has 0 aromatic rings.